The minimum Gasteiger partial charge on any atom is -0.480 e. The van der Waals surface area contributed by atoms with Gasteiger partial charge in [-0.25, -0.2) is 8.78 Å². The number of carboxylic acid groups (broad SMARTS) is 1. The maximum absolute atomic E-state index is 13.1. The highest BCUT2D eigenvalue weighted by Crippen LogP contribution is 2.12. The molecule has 1 rings (SSSR count). The van der Waals surface area contributed by atoms with Crippen molar-refractivity contribution in [1.82, 2.24) is 0 Å². The Morgan fingerprint density at radius 3 is 2.73 bits per heavy atom. The molecule has 0 aliphatic heterocycles. The molecule has 1 aromatic rings. The zero-order valence-corrected chi connectivity index (χ0v) is 7.91. The van der Waals surface area contributed by atoms with Crippen molar-refractivity contribution < 1.29 is 18.7 Å². The Hall–Kier alpha value is -1.49. The quantitative estimate of drug-likeness (QED) is 0.795. The van der Waals surface area contributed by atoms with Gasteiger partial charge in [0.25, 0.3) is 0 Å². The number of halogens is 2. The third-order valence-electron chi connectivity index (χ3n) is 2.05. The summed E-state index contributed by atoms with van der Waals surface area (Å²) in [6.45, 7) is 0. The van der Waals surface area contributed by atoms with E-state index in [1.165, 1.54) is 0 Å². The number of aryl methyl sites for hydroxylation is 1. The first kappa shape index (κ1) is 11.6. The third-order valence-corrected chi connectivity index (χ3v) is 2.05. The second kappa shape index (κ2) is 4.84. The number of aliphatic carboxylic acids is 1. The fourth-order valence-corrected chi connectivity index (χ4v) is 1.17. The molecule has 82 valence electrons. The van der Waals surface area contributed by atoms with Crippen molar-refractivity contribution in [2.75, 3.05) is 0 Å². The lowest BCUT2D eigenvalue weighted by atomic mass is 10.1. The van der Waals surface area contributed by atoms with Gasteiger partial charge in [0.15, 0.2) is 0 Å². The van der Waals surface area contributed by atoms with Crippen LogP contribution in [-0.2, 0) is 11.2 Å². The van der Waals surface area contributed by atoms with E-state index in [0.717, 1.165) is 18.2 Å². The molecule has 0 aliphatic carbocycles. The lowest BCUT2D eigenvalue weighted by Crippen LogP contribution is -2.30. The van der Waals surface area contributed by atoms with Crippen LogP contribution in [0.2, 0.25) is 0 Å². The van der Waals surface area contributed by atoms with E-state index in [2.05, 4.69) is 0 Å². The molecular weight excluding hydrogens is 204 g/mol. The molecule has 0 saturated carbocycles. The minimum atomic E-state index is -1.15. The van der Waals surface area contributed by atoms with Crippen LogP contribution < -0.4 is 5.73 Å². The number of benzene rings is 1. The van der Waals surface area contributed by atoms with E-state index in [4.69, 9.17) is 10.8 Å². The Balaban J connectivity index is 2.65. The van der Waals surface area contributed by atoms with Gasteiger partial charge in [-0.2, -0.15) is 0 Å². The molecule has 1 atom stereocenters. The van der Waals surface area contributed by atoms with E-state index < -0.39 is 23.6 Å². The van der Waals surface area contributed by atoms with E-state index in [-0.39, 0.29) is 18.4 Å². The Morgan fingerprint density at radius 1 is 1.47 bits per heavy atom. The maximum Gasteiger partial charge on any atom is 0.320 e. The first-order valence-corrected chi connectivity index (χ1v) is 4.43. The second-order valence-electron chi connectivity index (χ2n) is 3.22. The maximum atomic E-state index is 13.1. The lowest BCUT2D eigenvalue weighted by molar-refractivity contribution is -0.138. The van der Waals surface area contributed by atoms with Gasteiger partial charge in [-0.3, -0.25) is 4.79 Å². The van der Waals surface area contributed by atoms with Gasteiger partial charge in [0.2, 0.25) is 0 Å². The molecule has 0 aromatic heterocycles. The minimum absolute atomic E-state index is 0.0791. The van der Waals surface area contributed by atoms with Gasteiger partial charge in [0.1, 0.15) is 17.7 Å². The van der Waals surface area contributed by atoms with Crippen molar-refractivity contribution in [2.45, 2.75) is 18.9 Å². The molecule has 0 spiro atoms. The summed E-state index contributed by atoms with van der Waals surface area (Å²) in [6, 6.07) is 2.02. The number of hydrogen-bond donors (Lipinski definition) is 2. The van der Waals surface area contributed by atoms with Crippen molar-refractivity contribution >= 4 is 5.97 Å². The molecule has 0 amide bonds. The SMILES string of the molecule is NC(CCc1cc(F)ccc1F)C(=O)O. The number of carbonyl (C=O) groups is 1. The largest absolute Gasteiger partial charge is 0.480 e. The predicted molar refractivity (Wildman–Crippen MR) is 50.3 cm³/mol. The van der Waals surface area contributed by atoms with E-state index in [9.17, 15) is 13.6 Å². The predicted octanol–water partition coefficient (Wildman–Crippen LogP) is 1.31. The summed E-state index contributed by atoms with van der Waals surface area (Å²) in [5, 5.41) is 8.49. The van der Waals surface area contributed by atoms with Gasteiger partial charge in [-0.1, -0.05) is 0 Å². The van der Waals surface area contributed by atoms with Crippen LogP contribution in [0.1, 0.15) is 12.0 Å². The lowest BCUT2D eigenvalue weighted by Gasteiger charge is -2.06. The fraction of sp³-hybridized carbons (Fsp3) is 0.300. The Bertz CT molecular complexity index is 368. The highest BCUT2D eigenvalue weighted by atomic mass is 19.1. The van der Waals surface area contributed by atoms with E-state index in [1.807, 2.05) is 0 Å². The smallest absolute Gasteiger partial charge is 0.320 e. The molecule has 0 saturated heterocycles. The van der Waals surface area contributed by atoms with Crippen molar-refractivity contribution in [1.29, 1.82) is 0 Å². The van der Waals surface area contributed by atoms with Gasteiger partial charge in [0.05, 0.1) is 0 Å². The first-order chi connectivity index (χ1) is 7.00. The molecule has 5 heteroatoms. The summed E-state index contributed by atoms with van der Waals surface area (Å²) < 4.78 is 25.8. The van der Waals surface area contributed by atoms with Crippen molar-refractivity contribution in [2.24, 2.45) is 5.73 Å². The summed E-state index contributed by atoms with van der Waals surface area (Å²) in [5.74, 6) is -2.24. The molecule has 1 unspecified atom stereocenters. The van der Waals surface area contributed by atoms with Crippen LogP contribution in [0.4, 0.5) is 8.78 Å². The van der Waals surface area contributed by atoms with E-state index >= 15 is 0 Å². The summed E-state index contributed by atoms with van der Waals surface area (Å²) >= 11 is 0. The van der Waals surface area contributed by atoms with Crippen LogP contribution >= 0.6 is 0 Å². The second-order valence-corrected chi connectivity index (χ2v) is 3.22. The van der Waals surface area contributed by atoms with Crippen molar-refractivity contribution in [3.8, 4) is 0 Å². The van der Waals surface area contributed by atoms with Gasteiger partial charge >= 0.3 is 5.97 Å². The first-order valence-electron chi connectivity index (χ1n) is 4.43. The standard InChI is InChI=1S/C10H11F2NO2/c11-7-2-3-8(12)6(5-7)1-4-9(13)10(14)15/h2-3,5,9H,1,4,13H2,(H,14,15). The number of rotatable bonds is 4. The van der Waals surface area contributed by atoms with Gasteiger partial charge in [-0.15, -0.1) is 0 Å². The van der Waals surface area contributed by atoms with Crippen LogP contribution in [0.5, 0.6) is 0 Å². The van der Waals surface area contributed by atoms with Crippen molar-refractivity contribution in [3.05, 3.63) is 35.4 Å². The van der Waals surface area contributed by atoms with Crippen LogP contribution in [0.25, 0.3) is 0 Å². The third kappa shape index (κ3) is 3.28. The molecule has 0 fully saturated rings. The molecule has 0 aliphatic rings. The molecular formula is C10H11F2NO2. The number of hydrogen-bond acceptors (Lipinski definition) is 2. The van der Waals surface area contributed by atoms with Crippen LogP contribution in [-0.4, -0.2) is 17.1 Å². The van der Waals surface area contributed by atoms with Crippen molar-refractivity contribution in [3.63, 3.8) is 0 Å². The molecule has 0 bridgehead atoms. The molecule has 0 radical (unpaired) electrons. The van der Waals surface area contributed by atoms with Crippen LogP contribution in [0, 0.1) is 11.6 Å². The van der Waals surface area contributed by atoms with Gasteiger partial charge in [-0.05, 0) is 36.6 Å². The van der Waals surface area contributed by atoms with E-state index in [0.29, 0.717) is 0 Å². The van der Waals surface area contributed by atoms with Gasteiger partial charge < -0.3 is 10.8 Å². The van der Waals surface area contributed by atoms with Crippen LogP contribution in [0.15, 0.2) is 18.2 Å². The zero-order valence-electron chi connectivity index (χ0n) is 7.91. The summed E-state index contributed by atoms with van der Waals surface area (Å²) in [4.78, 5) is 10.4. The molecule has 15 heavy (non-hydrogen) atoms. The van der Waals surface area contributed by atoms with E-state index in [1.54, 1.807) is 0 Å². The molecule has 3 nitrogen and oxygen atoms in total. The Kier molecular flexibility index (Phi) is 3.74. The molecule has 0 heterocycles. The summed E-state index contributed by atoms with van der Waals surface area (Å²) in [5.41, 5.74) is 5.38. The number of carboxylic acids is 1. The average Bonchev–Trinajstić information content (AvgIpc) is 2.18. The molecule has 1 aromatic carbocycles. The Labute approximate surface area is 85.5 Å². The zero-order chi connectivity index (χ0) is 11.4. The summed E-state index contributed by atoms with van der Waals surface area (Å²) in [6.07, 6.45) is 0.187. The number of nitrogens with two attached hydrogens (primary N) is 1. The summed E-state index contributed by atoms with van der Waals surface area (Å²) in [7, 11) is 0. The molecule has 3 N–H and O–H groups in total. The Morgan fingerprint density at radius 2 is 2.13 bits per heavy atom. The normalized spacial score (nSPS) is 12.5. The highest BCUT2D eigenvalue weighted by Gasteiger charge is 2.12. The highest BCUT2D eigenvalue weighted by molar-refractivity contribution is 5.73. The monoisotopic (exact) mass is 215 g/mol. The average molecular weight is 215 g/mol. The topological polar surface area (TPSA) is 63.3 Å². The van der Waals surface area contributed by atoms with Crippen LogP contribution in [0.3, 0.4) is 0 Å². The van der Waals surface area contributed by atoms with Gasteiger partial charge in [0, 0.05) is 0 Å². The fourth-order valence-electron chi connectivity index (χ4n) is 1.17.